The van der Waals surface area contributed by atoms with Gasteiger partial charge >= 0.3 is 0 Å². The highest BCUT2D eigenvalue weighted by Gasteiger charge is 2.12. The van der Waals surface area contributed by atoms with Crippen molar-refractivity contribution >= 4 is 40.7 Å². The number of ether oxygens (including phenoxy) is 1. The number of rotatable bonds is 9. The number of methoxy groups -OCH3 is 1. The summed E-state index contributed by atoms with van der Waals surface area (Å²) in [4.78, 5) is 25.3. The molecule has 0 aliphatic carbocycles. The second-order valence-electron chi connectivity index (χ2n) is 5.02. The average molecular weight is 362 g/mol. The average Bonchev–Trinajstić information content (AvgIpc) is 2.48. The molecule has 1 rings (SSSR count). The molecule has 0 radical (unpaired) electrons. The Bertz CT molecular complexity index is 541. The molecule has 0 aromatic heterocycles. The van der Waals surface area contributed by atoms with E-state index < -0.39 is 0 Å². The molecule has 0 spiro atoms. The van der Waals surface area contributed by atoms with Crippen molar-refractivity contribution in [2.24, 2.45) is 0 Å². The van der Waals surface area contributed by atoms with Gasteiger partial charge in [0.25, 0.3) is 0 Å². The largest absolute Gasteiger partial charge is 0.385 e. The van der Waals surface area contributed by atoms with E-state index >= 15 is 0 Å². The number of hydrogen-bond donors (Lipinski definition) is 2. The van der Waals surface area contributed by atoms with Crippen molar-refractivity contribution in [2.75, 3.05) is 45.7 Å². The topological polar surface area (TPSA) is 70.7 Å². The van der Waals surface area contributed by atoms with Gasteiger partial charge in [0.05, 0.1) is 28.8 Å². The number of nitrogens with one attached hydrogen (secondary N) is 2. The minimum absolute atomic E-state index is 0.0638. The zero-order valence-electron chi connectivity index (χ0n) is 13.2. The first-order chi connectivity index (χ1) is 10.9. The lowest BCUT2D eigenvalue weighted by Gasteiger charge is -2.16. The molecule has 1 aromatic rings. The molecule has 2 amide bonds. The Morgan fingerprint density at radius 2 is 1.91 bits per heavy atom. The number of hydrogen-bond acceptors (Lipinski definition) is 4. The normalized spacial score (nSPS) is 10.7. The molecule has 128 valence electrons. The fraction of sp³-hybridized carbons (Fsp3) is 0.467. The highest BCUT2D eigenvalue weighted by Crippen LogP contribution is 2.29. The molecule has 0 bridgehead atoms. The van der Waals surface area contributed by atoms with E-state index in [1.165, 1.54) is 0 Å². The second kappa shape index (κ2) is 10.4. The van der Waals surface area contributed by atoms with Gasteiger partial charge in [-0.15, -0.1) is 0 Å². The van der Waals surface area contributed by atoms with Gasteiger partial charge in [-0.2, -0.15) is 0 Å². The highest BCUT2D eigenvalue weighted by atomic mass is 35.5. The van der Waals surface area contributed by atoms with E-state index in [9.17, 15) is 9.59 Å². The Hall–Kier alpha value is -1.34. The fourth-order valence-corrected chi connectivity index (χ4v) is 2.18. The molecule has 23 heavy (non-hydrogen) atoms. The first-order valence-electron chi connectivity index (χ1n) is 7.12. The lowest BCUT2D eigenvalue weighted by atomic mass is 10.3. The van der Waals surface area contributed by atoms with Crippen LogP contribution in [0.4, 0.5) is 5.69 Å². The van der Waals surface area contributed by atoms with Crippen molar-refractivity contribution in [2.45, 2.75) is 6.42 Å². The maximum Gasteiger partial charge on any atom is 0.238 e. The van der Waals surface area contributed by atoms with Crippen molar-refractivity contribution in [3.05, 3.63) is 28.2 Å². The molecule has 0 fully saturated rings. The van der Waals surface area contributed by atoms with Gasteiger partial charge in [-0.05, 0) is 25.6 Å². The van der Waals surface area contributed by atoms with E-state index in [0.717, 1.165) is 6.42 Å². The molecule has 0 aliphatic heterocycles. The number of nitrogens with zero attached hydrogens (tertiary/aromatic N) is 1. The summed E-state index contributed by atoms with van der Waals surface area (Å²) in [6.07, 6.45) is 0.750. The number of amides is 2. The Kier molecular flexibility index (Phi) is 8.94. The Morgan fingerprint density at radius 3 is 2.61 bits per heavy atom. The summed E-state index contributed by atoms with van der Waals surface area (Å²) in [7, 11) is 3.30. The standard InChI is InChI=1S/C15H21Cl2N3O3/c1-20(9-13(21)18-7-4-8-23-2)10-14(22)19-12-6-3-5-11(16)15(12)17/h3,5-6H,4,7-10H2,1-2H3,(H,18,21)(H,19,22). The van der Waals surface area contributed by atoms with Gasteiger partial charge in [0.1, 0.15) is 0 Å². The molecule has 0 atom stereocenters. The molecule has 1 aromatic carbocycles. The second-order valence-corrected chi connectivity index (χ2v) is 5.80. The Morgan fingerprint density at radius 1 is 1.22 bits per heavy atom. The van der Waals surface area contributed by atoms with Gasteiger partial charge in [-0.25, -0.2) is 0 Å². The van der Waals surface area contributed by atoms with Crippen molar-refractivity contribution in [1.82, 2.24) is 10.2 Å². The van der Waals surface area contributed by atoms with E-state index in [0.29, 0.717) is 28.9 Å². The summed E-state index contributed by atoms with van der Waals surface area (Å²) in [5, 5.41) is 6.09. The zero-order chi connectivity index (χ0) is 17.2. The molecule has 0 heterocycles. The first-order valence-corrected chi connectivity index (χ1v) is 7.87. The summed E-state index contributed by atoms with van der Waals surface area (Å²) in [6, 6.07) is 5.00. The lowest BCUT2D eigenvalue weighted by molar-refractivity contribution is -0.123. The van der Waals surface area contributed by atoms with Gasteiger partial charge in [-0.1, -0.05) is 29.3 Å². The zero-order valence-corrected chi connectivity index (χ0v) is 14.7. The quantitative estimate of drug-likeness (QED) is 0.660. The molecule has 0 unspecified atom stereocenters. The number of benzene rings is 1. The molecule has 0 saturated heterocycles. The molecule has 0 saturated carbocycles. The minimum Gasteiger partial charge on any atom is -0.385 e. The van der Waals surface area contributed by atoms with Gasteiger partial charge in [-0.3, -0.25) is 14.5 Å². The van der Waals surface area contributed by atoms with Crippen LogP contribution in [0.3, 0.4) is 0 Å². The van der Waals surface area contributed by atoms with Crippen molar-refractivity contribution in [3.8, 4) is 0 Å². The minimum atomic E-state index is -0.274. The van der Waals surface area contributed by atoms with E-state index in [1.807, 2.05) is 0 Å². The van der Waals surface area contributed by atoms with Crippen LogP contribution in [-0.2, 0) is 14.3 Å². The molecular formula is C15H21Cl2N3O3. The summed E-state index contributed by atoms with van der Waals surface area (Å²) in [5.41, 5.74) is 0.446. The number of anilines is 1. The van der Waals surface area contributed by atoms with Crippen LogP contribution in [0.2, 0.25) is 10.0 Å². The lowest BCUT2D eigenvalue weighted by Crippen LogP contribution is -2.39. The highest BCUT2D eigenvalue weighted by molar-refractivity contribution is 6.43. The summed E-state index contributed by atoms with van der Waals surface area (Å²) in [6.45, 7) is 1.34. The van der Waals surface area contributed by atoms with Crippen LogP contribution in [0.25, 0.3) is 0 Å². The predicted octanol–water partition coefficient (Wildman–Crippen LogP) is 2.02. The molecule has 2 N–H and O–H groups in total. The van der Waals surface area contributed by atoms with Gasteiger partial charge in [0.2, 0.25) is 11.8 Å². The van der Waals surface area contributed by atoms with E-state index in [2.05, 4.69) is 10.6 Å². The maximum atomic E-state index is 12.0. The molecule has 0 aliphatic rings. The van der Waals surface area contributed by atoms with Crippen molar-refractivity contribution < 1.29 is 14.3 Å². The number of carbonyl (C=O) groups excluding carboxylic acids is 2. The van der Waals surface area contributed by atoms with Crippen LogP contribution in [0.5, 0.6) is 0 Å². The van der Waals surface area contributed by atoms with Crippen LogP contribution in [0.1, 0.15) is 6.42 Å². The smallest absolute Gasteiger partial charge is 0.238 e. The summed E-state index contributed by atoms with van der Waals surface area (Å²) >= 11 is 11.9. The summed E-state index contributed by atoms with van der Waals surface area (Å²) in [5.74, 6) is -0.416. The molecule has 6 nitrogen and oxygen atoms in total. The Labute approximate surface area is 146 Å². The van der Waals surface area contributed by atoms with E-state index in [1.54, 1.807) is 37.3 Å². The SMILES string of the molecule is COCCCNC(=O)CN(C)CC(=O)Nc1cccc(Cl)c1Cl. The maximum absolute atomic E-state index is 12.0. The Balaban J connectivity index is 2.36. The first kappa shape index (κ1) is 19.7. The molecule has 8 heteroatoms. The number of carbonyl (C=O) groups is 2. The number of likely N-dealkylation sites (N-methyl/N-ethyl adjacent to an activating group) is 1. The predicted molar refractivity (Wildman–Crippen MR) is 92.1 cm³/mol. The van der Waals surface area contributed by atoms with Gasteiger partial charge in [0.15, 0.2) is 0 Å². The van der Waals surface area contributed by atoms with Crippen LogP contribution in [0, 0.1) is 0 Å². The monoisotopic (exact) mass is 361 g/mol. The van der Waals surface area contributed by atoms with E-state index in [-0.39, 0.29) is 24.9 Å². The van der Waals surface area contributed by atoms with Gasteiger partial charge in [0, 0.05) is 20.3 Å². The third-order valence-corrected chi connectivity index (χ3v) is 3.72. The van der Waals surface area contributed by atoms with Crippen LogP contribution in [0.15, 0.2) is 18.2 Å². The number of halogens is 2. The van der Waals surface area contributed by atoms with Gasteiger partial charge < -0.3 is 15.4 Å². The molecular weight excluding hydrogens is 341 g/mol. The van der Waals surface area contributed by atoms with Crippen LogP contribution < -0.4 is 10.6 Å². The summed E-state index contributed by atoms with van der Waals surface area (Å²) < 4.78 is 4.90. The van der Waals surface area contributed by atoms with Crippen LogP contribution in [-0.4, -0.2) is 57.1 Å². The van der Waals surface area contributed by atoms with Crippen LogP contribution >= 0.6 is 23.2 Å². The van der Waals surface area contributed by atoms with Crippen molar-refractivity contribution in [1.29, 1.82) is 0 Å². The fourth-order valence-electron chi connectivity index (χ4n) is 1.84. The van der Waals surface area contributed by atoms with E-state index in [4.69, 9.17) is 27.9 Å². The third-order valence-electron chi connectivity index (χ3n) is 2.90. The third kappa shape index (κ3) is 7.65. The van der Waals surface area contributed by atoms with Crippen molar-refractivity contribution in [3.63, 3.8) is 0 Å².